The normalized spacial score (nSPS) is 18.2. The maximum absolute atomic E-state index is 12.7. The van der Waals surface area contributed by atoms with Crippen molar-refractivity contribution in [3.8, 4) is 0 Å². The highest BCUT2D eigenvalue weighted by molar-refractivity contribution is 5.77. The van der Waals surface area contributed by atoms with Gasteiger partial charge in [-0.2, -0.15) is 13.2 Å². The lowest BCUT2D eigenvalue weighted by Gasteiger charge is -2.19. The predicted molar refractivity (Wildman–Crippen MR) is 61.1 cm³/mol. The highest BCUT2D eigenvalue weighted by atomic mass is 19.4. The molecular formula is C13H12F3NO. The van der Waals surface area contributed by atoms with Crippen molar-refractivity contribution in [2.24, 2.45) is 0 Å². The van der Waals surface area contributed by atoms with E-state index in [0.717, 1.165) is 5.39 Å². The smallest absolute Gasteiger partial charge is 0.406 e. The summed E-state index contributed by atoms with van der Waals surface area (Å²) in [5.74, 6) is 0.534. The molecule has 0 bridgehead atoms. The van der Waals surface area contributed by atoms with Crippen molar-refractivity contribution in [3.05, 3.63) is 36.1 Å². The van der Waals surface area contributed by atoms with Crippen LogP contribution in [-0.2, 0) is 6.54 Å². The van der Waals surface area contributed by atoms with Crippen LogP contribution in [0.2, 0.25) is 0 Å². The molecule has 2 aromatic rings. The van der Waals surface area contributed by atoms with Gasteiger partial charge in [0.05, 0.1) is 6.54 Å². The van der Waals surface area contributed by atoms with E-state index in [-0.39, 0.29) is 19.4 Å². The summed E-state index contributed by atoms with van der Waals surface area (Å²) in [7, 11) is 0. The molecule has 96 valence electrons. The topological polar surface area (TPSA) is 25.2 Å². The van der Waals surface area contributed by atoms with Crippen molar-refractivity contribution in [1.29, 1.82) is 0 Å². The molecule has 1 N–H and O–H groups in total. The van der Waals surface area contributed by atoms with Crippen LogP contribution in [0.25, 0.3) is 11.0 Å². The van der Waals surface area contributed by atoms with Gasteiger partial charge >= 0.3 is 6.18 Å². The van der Waals surface area contributed by atoms with Gasteiger partial charge in [-0.25, -0.2) is 0 Å². The van der Waals surface area contributed by atoms with Crippen LogP contribution in [0.15, 0.2) is 34.7 Å². The average molecular weight is 255 g/mol. The minimum absolute atomic E-state index is 0.105. The van der Waals surface area contributed by atoms with E-state index in [1.165, 1.54) is 0 Å². The summed E-state index contributed by atoms with van der Waals surface area (Å²) < 4.78 is 43.6. The Kier molecular flexibility index (Phi) is 2.41. The van der Waals surface area contributed by atoms with Crippen LogP contribution in [0, 0.1) is 0 Å². The monoisotopic (exact) mass is 255 g/mol. The summed E-state index contributed by atoms with van der Waals surface area (Å²) in [4.78, 5) is 0. The zero-order valence-electron chi connectivity index (χ0n) is 9.55. The molecule has 0 aliphatic heterocycles. The Balaban J connectivity index is 1.74. The van der Waals surface area contributed by atoms with Crippen LogP contribution in [0.5, 0.6) is 0 Å². The number of fused-ring (bicyclic) bond motifs is 1. The summed E-state index contributed by atoms with van der Waals surface area (Å²) in [5, 5.41) is 3.48. The van der Waals surface area contributed by atoms with E-state index in [1.807, 2.05) is 18.2 Å². The zero-order chi connectivity index (χ0) is 12.8. The van der Waals surface area contributed by atoms with Gasteiger partial charge in [0.15, 0.2) is 0 Å². The van der Waals surface area contributed by atoms with Gasteiger partial charge in [0.25, 0.3) is 0 Å². The molecule has 3 rings (SSSR count). The van der Waals surface area contributed by atoms with Crippen LogP contribution in [0.3, 0.4) is 0 Å². The Morgan fingerprint density at radius 2 is 1.94 bits per heavy atom. The molecule has 1 saturated carbocycles. The van der Waals surface area contributed by atoms with Crippen LogP contribution >= 0.6 is 0 Å². The van der Waals surface area contributed by atoms with E-state index in [2.05, 4.69) is 5.32 Å². The Morgan fingerprint density at radius 3 is 2.56 bits per heavy atom. The summed E-state index contributed by atoms with van der Waals surface area (Å²) in [5.41, 5.74) is -0.988. The van der Waals surface area contributed by atoms with Crippen LogP contribution in [-0.4, -0.2) is 11.7 Å². The first-order chi connectivity index (χ1) is 8.50. The Morgan fingerprint density at radius 1 is 1.22 bits per heavy atom. The van der Waals surface area contributed by atoms with Gasteiger partial charge in [-0.15, -0.1) is 0 Å². The molecule has 0 atom stereocenters. The fraction of sp³-hybridized carbons (Fsp3) is 0.385. The van der Waals surface area contributed by atoms with Crippen molar-refractivity contribution in [2.45, 2.75) is 31.1 Å². The molecule has 1 heterocycles. The summed E-state index contributed by atoms with van der Waals surface area (Å²) >= 11 is 0. The molecule has 0 radical (unpaired) electrons. The third-order valence-corrected chi connectivity index (χ3v) is 3.37. The van der Waals surface area contributed by atoms with Crippen molar-refractivity contribution in [2.75, 3.05) is 0 Å². The highest BCUT2D eigenvalue weighted by Crippen LogP contribution is 2.49. The molecule has 5 heteroatoms. The zero-order valence-corrected chi connectivity index (χ0v) is 9.55. The fourth-order valence-corrected chi connectivity index (χ4v) is 2.07. The van der Waals surface area contributed by atoms with Crippen LogP contribution in [0.1, 0.15) is 18.6 Å². The molecule has 0 unspecified atom stereocenters. The molecule has 1 aliphatic carbocycles. The van der Waals surface area contributed by atoms with Gasteiger partial charge in [-0.3, -0.25) is 5.32 Å². The maximum Gasteiger partial charge on any atom is 0.406 e. The Labute approximate surface area is 102 Å². The number of para-hydroxylation sites is 1. The molecule has 1 aromatic carbocycles. The molecule has 1 fully saturated rings. The van der Waals surface area contributed by atoms with Gasteiger partial charge in [0.1, 0.15) is 16.9 Å². The summed E-state index contributed by atoms with van der Waals surface area (Å²) in [6.45, 7) is 0.105. The molecule has 0 amide bonds. The van der Waals surface area contributed by atoms with Gasteiger partial charge in [-0.05, 0) is 25.0 Å². The molecule has 1 aliphatic rings. The lowest BCUT2D eigenvalue weighted by molar-refractivity contribution is -0.166. The van der Waals surface area contributed by atoms with Crippen LogP contribution < -0.4 is 5.32 Å². The van der Waals surface area contributed by atoms with Gasteiger partial charge in [-0.1, -0.05) is 18.2 Å². The predicted octanol–water partition coefficient (Wildman–Crippen LogP) is 3.62. The van der Waals surface area contributed by atoms with E-state index >= 15 is 0 Å². The molecule has 18 heavy (non-hydrogen) atoms. The van der Waals surface area contributed by atoms with Crippen molar-refractivity contribution >= 4 is 11.0 Å². The van der Waals surface area contributed by atoms with E-state index in [1.54, 1.807) is 12.1 Å². The number of alkyl halides is 3. The Hall–Kier alpha value is -1.49. The second-order valence-corrected chi connectivity index (χ2v) is 4.68. The standard InChI is InChI=1S/C13H12F3NO/c14-13(15,16)12(5-6-12)17-8-10-7-9-3-1-2-4-11(9)18-10/h1-4,7,17H,5-6,8H2. The first kappa shape index (κ1) is 11.6. The SMILES string of the molecule is FC(F)(F)C1(NCc2cc3ccccc3o2)CC1. The third kappa shape index (κ3) is 1.88. The van der Waals surface area contributed by atoms with Crippen molar-refractivity contribution in [1.82, 2.24) is 5.32 Å². The first-order valence-corrected chi connectivity index (χ1v) is 5.79. The number of nitrogens with one attached hydrogen (secondary N) is 1. The number of benzene rings is 1. The van der Waals surface area contributed by atoms with E-state index in [4.69, 9.17) is 4.42 Å². The number of hydrogen-bond acceptors (Lipinski definition) is 2. The fourth-order valence-electron chi connectivity index (χ4n) is 2.07. The number of furan rings is 1. The maximum atomic E-state index is 12.7. The van der Waals surface area contributed by atoms with Gasteiger partial charge < -0.3 is 4.42 Å². The third-order valence-electron chi connectivity index (χ3n) is 3.37. The highest BCUT2D eigenvalue weighted by Gasteiger charge is 2.63. The number of rotatable bonds is 3. The quantitative estimate of drug-likeness (QED) is 0.906. The van der Waals surface area contributed by atoms with E-state index < -0.39 is 11.7 Å². The second-order valence-electron chi connectivity index (χ2n) is 4.68. The van der Waals surface area contributed by atoms with Crippen molar-refractivity contribution in [3.63, 3.8) is 0 Å². The van der Waals surface area contributed by atoms with E-state index in [9.17, 15) is 13.2 Å². The van der Waals surface area contributed by atoms with Gasteiger partial charge in [0.2, 0.25) is 0 Å². The van der Waals surface area contributed by atoms with E-state index in [0.29, 0.717) is 11.3 Å². The average Bonchev–Trinajstić information content (AvgIpc) is 3.00. The molecular weight excluding hydrogens is 243 g/mol. The number of hydrogen-bond donors (Lipinski definition) is 1. The first-order valence-electron chi connectivity index (χ1n) is 5.79. The summed E-state index contributed by atoms with van der Waals surface area (Å²) in [6, 6.07) is 9.15. The summed E-state index contributed by atoms with van der Waals surface area (Å²) in [6.07, 6.45) is -3.88. The lowest BCUT2D eigenvalue weighted by Crippen LogP contribution is -2.44. The van der Waals surface area contributed by atoms with Crippen molar-refractivity contribution < 1.29 is 17.6 Å². The molecule has 0 spiro atoms. The second kappa shape index (κ2) is 3.75. The molecule has 2 nitrogen and oxygen atoms in total. The number of halogens is 3. The molecule has 1 aromatic heterocycles. The Bertz CT molecular complexity index is 536. The lowest BCUT2D eigenvalue weighted by atomic mass is 10.2. The largest absolute Gasteiger partial charge is 0.460 e. The molecule has 0 saturated heterocycles. The van der Waals surface area contributed by atoms with Crippen LogP contribution in [0.4, 0.5) is 13.2 Å². The minimum atomic E-state index is -4.18. The van der Waals surface area contributed by atoms with Gasteiger partial charge in [0, 0.05) is 5.39 Å². The minimum Gasteiger partial charge on any atom is -0.460 e.